The maximum atomic E-state index is 16.0. The maximum Gasteiger partial charge on any atom is 1.00 e. The van der Waals surface area contributed by atoms with Crippen molar-refractivity contribution in [2.24, 2.45) is 11.8 Å². The summed E-state index contributed by atoms with van der Waals surface area (Å²) in [5.41, 5.74) is 0.664. The fraction of sp³-hybridized carbons (Fsp3) is 0.486. The Bertz CT molecular complexity index is 4100. The summed E-state index contributed by atoms with van der Waals surface area (Å²) in [5.74, 6) is -6.40. The van der Waals surface area contributed by atoms with E-state index >= 15 is 13.2 Å². The average Bonchev–Trinajstić information content (AvgIpc) is 0.787. The number of aliphatic carboxylic acids is 1. The molecule has 0 aliphatic carbocycles. The number of carboxylic acids is 1. The van der Waals surface area contributed by atoms with E-state index in [1.165, 1.54) is 32.0 Å². The molecule has 2 aliphatic heterocycles. The number of nitrogens with one attached hydrogen (secondary N) is 2. The van der Waals surface area contributed by atoms with Crippen molar-refractivity contribution in [3.8, 4) is 22.3 Å². The van der Waals surface area contributed by atoms with Crippen LogP contribution in [0.1, 0.15) is 175 Å². The molecule has 16 nitrogen and oxygen atoms in total. The first-order valence-corrected chi connectivity index (χ1v) is 33.0. The maximum absolute atomic E-state index is 16.0. The van der Waals surface area contributed by atoms with Crippen LogP contribution in [0.2, 0.25) is 0 Å². The standard InChI is InChI=1S/C38H46F5N3O4.C36H42F5N3O4.Li.2H2O.2H2S/c1-8-50-33(48)19-30(28-17-27(16-24(6)36(28)40)34-22(4)15-23(5)35(39)25(34)7)44-37(49)31(14-21(2)3)46-20-26(10-13-45-11-9-12-45)29(18-32(46)47)38(41,42)43;1-19(2)12-29(44-18-24(8-11-43-9-7-10-43)27(16-30(44)45)36(39,40)41)35(48)42-28(17-31(46)47)26-15-25(14-22(5)34(26)38)32-20(3)13-21(4)33(37)23(32)6;;;;;/h15-18,20-21,30-31H,8-14,19H2,1-7H3,(H,44,49);13-16,18-19,28-29H,7-12,17H2,1-6H3,(H,42,48)(H,46,47);;4*1H2/q;;+1;;;;/p-2/t30-,31?;28-,29?;;;;;/m00...../s1. The third kappa shape index (κ3) is 22.8. The fourth-order valence-electron chi connectivity index (χ4n) is 13.1. The Morgan fingerprint density at radius 2 is 0.864 bits per heavy atom. The summed E-state index contributed by atoms with van der Waals surface area (Å²) in [4.78, 5) is 83.6. The molecular formula is C74H94F10LiN6O10S2-. The van der Waals surface area contributed by atoms with Gasteiger partial charge >= 0.3 is 43.2 Å². The molecule has 0 spiro atoms. The van der Waals surface area contributed by atoms with Crippen LogP contribution in [-0.2, 0) is 49.1 Å². The Morgan fingerprint density at radius 3 is 1.17 bits per heavy atom. The van der Waals surface area contributed by atoms with Crippen molar-refractivity contribution < 1.29 is 103 Å². The number of alkyl halides is 6. The quantitative estimate of drug-likeness (QED) is 0.0276. The molecule has 4 heterocycles. The van der Waals surface area contributed by atoms with Crippen LogP contribution in [-0.4, -0.2) is 105 Å². The zero-order valence-corrected chi connectivity index (χ0v) is 62.6. The number of pyridine rings is 2. The molecule has 4 aromatic carbocycles. The van der Waals surface area contributed by atoms with Crippen LogP contribution in [0, 0.1) is 90.5 Å². The number of aryl methyl sites for hydroxylation is 6. The van der Waals surface area contributed by atoms with Crippen molar-refractivity contribution in [3.05, 3.63) is 183 Å². The molecule has 0 saturated carbocycles. The molecule has 2 aliphatic rings. The van der Waals surface area contributed by atoms with E-state index in [2.05, 4.69) is 10.6 Å². The van der Waals surface area contributed by atoms with Gasteiger partial charge in [-0.1, -0.05) is 39.8 Å². The molecule has 2 saturated heterocycles. The number of benzene rings is 4. The second-order valence-electron chi connectivity index (χ2n) is 26.9. The molecule has 4 atom stereocenters. The first-order valence-electron chi connectivity index (χ1n) is 33.0. The van der Waals surface area contributed by atoms with Crippen LogP contribution < -0.4 is 40.6 Å². The molecule has 2 fully saturated rings. The Kier molecular flexibility index (Phi) is 34.8. The van der Waals surface area contributed by atoms with Crippen LogP contribution in [0.5, 0.6) is 0 Å². The third-order valence-electron chi connectivity index (χ3n) is 18.2. The smallest absolute Gasteiger partial charge is 0.870 e. The van der Waals surface area contributed by atoms with E-state index in [1.807, 2.05) is 9.80 Å². The first kappa shape index (κ1) is 92.2. The van der Waals surface area contributed by atoms with E-state index in [0.717, 1.165) is 66.1 Å². The molecule has 0 radical (unpaired) electrons. The van der Waals surface area contributed by atoms with E-state index in [1.54, 1.807) is 94.4 Å². The average molecular weight is 1490 g/mol. The summed E-state index contributed by atoms with van der Waals surface area (Å²) < 4.78 is 153. The van der Waals surface area contributed by atoms with Gasteiger partial charge in [0.15, 0.2) is 0 Å². The third-order valence-corrected chi connectivity index (χ3v) is 18.2. The zero-order chi connectivity index (χ0) is 72.7. The van der Waals surface area contributed by atoms with Crippen LogP contribution in [0.15, 0.2) is 70.5 Å². The second-order valence-corrected chi connectivity index (χ2v) is 26.9. The number of carboxylic acid groups (broad SMARTS) is 1. The van der Waals surface area contributed by atoms with Gasteiger partial charge in [0.1, 0.15) is 35.4 Å². The summed E-state index contributed by atoms with van der Waals surface area (Å²) in [6.07, 6.45) is -6.56. The molecule has 564 valence electrons. The fourth-order valence-corrected chi connectivity index (χ4v) is 13.1. The molecule has 29 heteroatoms. The monoisotopic (exact) mass is 1490 g/mol. The number of hydrogen-bond donors (Lipinski definition) is 3. The van der Waals surface area contributed by atoms with Crippen LogP contribution in [0.25, 0.3) is 22.3 Å². The van der Waals surface area contributed by atoms with E-state index in [0.29, 0.717) is 75.3 Å². The minimum Gasteiger partial charge on any atom is -0.870 e. The number of rotatable bonds is 25. The summed E-state index contributed by atoms with van der Waals surface area (Å²) in [6.45, 7) is 25.6. The van der Waals surface area contributed by atoms with Gasteiger partial charge in [-0.2, -0.15) is 53.3 Å². The Hall–Kier alpha value is -6.90. The van der Waals surface area contributed by atoms with Gasteiger partial charge in [0.25, 0.3) is 11.1 Å². The number of ether oxygens (including phenoxy) is 1. The molecule has 103 heavy (non-hydrogen) atoms. The number of carbonyl (C=O) groups excluding carboxylic acids is 3. The van der Waals surface area contributed by atoms with E-state index in [4.69, 9.17) is 4.74 Å². The molecule has 5 N–H and O–H groups in total. The summed E-state index contributed by atoms with van der Waals surface area (Å²) in [6, 6.07) is 5.00. The van der Waals surface area contributed by atoms with Gasteiger partial charge in [-0.05, 0) is 241 Å². The number of amides is 2. The van der Waals surface area contributed by atoms with Gasteiger partial charge in [0.05, 0.1) is 42.7 Å². The second kappa shape index (κ2) is 38.9. The number of carbonyl (C=O) groups is 4. The summed E-state index contributed by atoms with van der Waals surface area (Å²) >= 11 is 0. The van der Waals surface area contributed by atoms with Gasteiger partial charge in [-0.25, -0.2) is 17.6 Å². The van der Waals surface area contributed by atoms with E-state index in [9.17, 15) is 64.6 Å². The Balaban J connectivity index is 0.000000668. The van der Waals surface area contributed by atoms with Crippen molar-refractivity contribution in [2.75, 3.05) is 45.9 Å². The van der Waals surface area contributed by atoms with Crippen LogP contribution in [0.4, 0.5) is 43.9 Å². The van der Waals surface area contributed by atoms with Gasteiger partial charge in [-0.15, -0.1) is 0 Å². The molecule has 2 unspecified atom stereocenters. The van der Waals surface area contributed by atoms with Crippen molar-refractivity contribution >= 4 is 50.7 Å². The number of esters is 1. The first-order chi connectivity index (χ1) is 45.8. The van der Waals surface area contributed by atoms with Crippen molar-refractivity contribution in [3.63, 3.8) is 0 Å². The topological polar surface area (TPSA) is 232 Å². The van der Waals surface area contributed by atoms with Crippen molar-refractivity contribution in [1.29, 1.82) is 0 Å². The SMILES string of the molecule is CCOC(=O)C[C@H](NC(=O)C(CC(C)C)n1cc(CCN2CCC2)c(C(F)(F)F)cc1=O)c1cc(-c2c(C)cc(C)c(F)c2C)cc(C)c1F.Cc1cc(-c2c(C)cc(C)c(F)c2C)cc([C@H](CC(=O)O)NC(=O)C(CC(C)C)n2cc(CCN3CCC3)c(C(F)(F)F)cc2=O)c1F.S.S.[Li+].[OH-].[OH-]. The predicted molar refractivity (Wildman–Crippen MR) is 379 cm³/mol. The van der Waals surface area contributed by atoms with E-state index < -0.39 is 119 Å². The molecular weight excluding hydrogens is 1390 g/mol. The zero-order valence-electron chi connectivity index (χ0n) is 60.6. The molecule has 8 rings (SSSR count). The molecule has 2 amide bonds. The number of nitrogens with zero attached hydrogens (tertiary/aromatic N) is 4. The van der Waals surface area contributed by atoms with Gasteiger partial charge in [0, 0.05) is 48.7 Å². The molecule has 0 bridgehead atoms. The minimum atomic E-state index is -4.79. The summed E-state index contributed by atoms with van der Waals surface area (Å²) in [7, 11) is 0. The number of aromatic nitrogens is 2. The minimum absolute atomic E-state index is 0. The number of likely N-dealkylation sites (tertiary alicyclic amines) is 2. The normalized spacial score (nSPS) is 14.1. The largest absolute Gasteiger partial charge is 1.00 e. The summed E-state index contributed by atoms with van der Waals surface area (Å²) in [5, 5.41) is 15.1. The van der Waals surface area contributed by atoms with E-state index in [-0.39, 0.29) is 134 Å². The predicted octanol–water partition coefficient (Wildman–Crippen LogP) is 11.8. The van der Waals surface area contributed by atoms with Gasteiger partial charge in [0.2, 0.25) is 11.8 Å². The van der Waals surface area contributed by atoms with Gasteiger partial charge in [-0.3, -0.25) is 28.8 Å². The van der Waals surface area contributed by atoms with Gasteiger partial charge < -0.3 is 50.4 Å². The van der Waals surface area contributed by atoms with Crippen molar-refractivity contribution in [1.82, 2.24) is 29.6 Å². The van der Waals surface area contributed by atoms with Crippen molar-refractivity contribution in [2.45, 2.75) is 178 Å². The Labute approximate surface area is 620 Å². The Morgan fingerprint density at radius 1 is 0.524 bits per heavy atom. The number of halogens is 10. The molecule has 6 aromatic rings. The van der Waals surface area contributed by atoms with Crippen LogP contribution in [0.3, 0.4) is 0 Å². The number of hydrogen-bond acceptors (Lipinski definition) is 11. The molecule has 2 aromatic heterocycles. The van der Waals surface area contributed by atoms with Crippen LogP contribution >= 0.6 is 27.0 Å².